The summed E-state index contributed by atoms with van der Waals surface area (Å²) in [5, 5.41) is 23.2. The van der Waals surface area contributed by atoms with E-state index in [-0.39, 0.29) is 46.9 Å². The third-order valence-corrected chi connectivity index (χ3v) is 6.67. The summed E-state index contributed by atoms with van der Waals surface area (Å²) in [7, 11) is 1.39. The van der Waals surface area contributed by atoms with E-state index in [1.165, 1.54) is 30.2 Å². The number of nitrogens with zero attached hydrogens (tertiary/aromatic N) is 6. The molecule has 14 heteroatoms. The van der Waals surface area contributed by atoms with Crippen LogP contribution in [0.15, 0.2) is 24.7 Å². The Hall–Kier alpha value is -4.19. The van der Waals surface area contributed by atoms with E-state index in [1.54, 1.807) is 4.90 Å². The fourth-order valence-electron chi connectivity index (χ4n) is 4.37. The number of pyridine rings is 1. The third-order valence-electron chi connectivity index (χ3n) is 6.67. The number of imidazole rings is 1. The second kappa shape index (κ2) is 10.3. The van der Waals surface area contributed by atoms with E-state index in [0.29, 0.717) is 0 Å². The van der Waals surface area contributed by atoms with Crippen LogP contribution >= 0.6 is 0 Å². The average Bonchev–Trinajstić information content (AvgIpc) is 3.43. The molecular weight excluding hydrogens is 499 g/mol. The molecule has 3 aromatic rings. The topological polar surface area (TPSA) is 182 Å². The molecule has 13 nitrogen and oxygen atoms in total. The molecule has 1 saturated carbocycles. The third kappa shape index (κ3) is 4.62. The molecule has 4 atom stereocenters. The van der Waals surface area contributed by atoms with Crippen molar-refractivity contribution in [2.24, 2.45) is 0 Å². The number of anilines is 1. The van der Waals surface area contributed by atoms with Gasteiger partial charge in [0.05, 0.1) is 18.4 Å². The van der Waals surface area contributed by atoms with Gasteiger partial charge >= 0.3 is 0 Å². The van der Waals surface area contributed by atoms with Gasteiger partial charge in [0.1, 0.15) is 17.7 Å². The van der Waals surface area contributed by atoms with Crippen molar-refractivity contribution in [3.05, 3.63) is 42.0 Å². The Kier molecular flexibility index (Phi) is 6.89. The summed E-state index contributed by atoms with van der Waals surface area (Å²) < 4.78 is 20.1. The summed E-state index contributed by atoms with van der Waals surface area (Å²) in [5.74, 6) is 4.22. The number of carbonyl (C=O) groups is 2. The zero-order valence-electron chi connectivity index (χ0n) is 20.3. The molecule has 1 aliphatic carbocycles. The Labute approximate surface area is 215 Å². The lowest BCUT2D eigenvalue weighted by Gasteiger charge is -2.36. The molecule has 4 heterocycles. The first kappa shape index (κ1) is 25.5. The van der Waals surface area contributed by atoms with Gasteiger partial charge in [-0.3, -0.25) is 14.2 Å². The Bertz CT molecular complexity index is 1430. The fourth-order valence-corrected chi connectivity index (χ4v) is 4.37. The summed E-state index contributed by atoms with van der Waals surface area (Å²) in [4.78, 5) is 42.9. The first-order chi connectivity index (χ1) is 18.3. The normalized spacial score (nSPS) is 22.9. The van der Waals surface area contributed by atoms with Crippen LogP contribution in [0.3, 0.4) is 0 Å². The highest BCUT2D eigenvalue weighted by atomic mass is 19.1. The van der Waals surface area contributed by atoms with Crippen molar-refractivity contribution in [2.75, 3.05) is 19.3 Å². The average molecular weight is 525 g/mol. The Balaban J connectivity index is 1.40. The van der Waals surface area contributed by atoms with Crippen LogP contribution < -0.4 is 11.1 Å². The summed E-state index contributed by atoms with van der Waals surface area (Å²) >= 11 is 0. The van der Waals surface area contributed by atoms with Gasteiger partial charge in [-0.25, -0.2) is 19.9 Å². The van der Waals surface area contributed by atoms with Crippen molar-refractivity contribution in [2.45, 2.75) is 49.8 Å². The number of aliphatic hydroxyl groups is 2. The van der Waals surface area contributed by atoms with E-state index in [1.807, 2.05) is 0 Å². The maximum atomic E-state index is 13.2. The number of carbonyl (C=O) groups excluding carboxylic acids is 2. The monoisotopic (exact) mass is 524 g/mol. The van der Waals surface area contributed by atoms with Gasteiger partial charge in [-0.2, -0.15) is 4.39 Å². The Morgan fingerprint density at radius 1 is 1.26 bits per heavy atom. The van der Waals surface area contributed by atoms with Gasteiger partial charge in [0.2, 0.25) is 11.8 Å². The van der Waals surface area contributed by atoms with Crippen LogP contribution in [0.2, 0.25) is 0 Å². The van der Waals surface area contributed by atoms with E-state index >= 15 is 0 Å². The number of rotatable bonds is 5. The minimum atomic E-state index is -1.47. The highest BCUT2D eigenvalue weighted by Crippen LogP contribution is 2.32. The molecule has 1 unspecified atom stereocenters. The van der Waals surface area contributed by atoms with Crippen molar-refractivity contribution in [3.63, 3.8) is 0 Å². The first-order valence-corrected chi connectivity index (χ1v) is 11.9. The lowest BCUT2D eigenvalue weighted by molar-refractivity contribution is -0.137. The van der Waals surface area contributed by atoms with E-state index in [4.69, 9.17) is 10.5 Å². The highest BCUT2D eigenvalue weighted by molar-refractivity contribution is 5.94. The molecule has 198 valence electrons. The Morgan fingerprint density at radius 3 is 2.71 bits per heavy atom. The lowest BCUT2D eigenvalue weighted by atomic mass is 9.91. The molecule has 3 aromatic heterocycles. The van der Waals surface area contributed by atoms with Gasteiger partial charge in [0, 0.05) is 19.3 Å². The zero-order chi connectivity index (χ0) is 27.0. The Morgan fingerprint density at radius 2 is 2.05 bits per heavy atom. The number of hydrogen-bond donors (Lipinski definition) is 4. The largest absolute Gasteiger partial charge is 0.387 e. The van der Waals surface area contributed by atoms with Gasteiger partial charge in [-0.15, -0.1) is 0 Å². The molecule has 5 N–H and O–H groups in total. The minimum Gasteiger partial charge on any atom is -0.387 e. The van der Waals surface area contributed by atoms with Gasteiger partial charge in [0.15, 0.2) is 23.8 Å². The first-order valence-electron chi connectivity index (χ1n) is 11.9. The molecule has 5 rings (SSSR count). The van der Waals surface area contributed by atoms with Gasteiger partial charge in [-0.1, -0.05) is 5.92 Å². The van der Waals surface area contributed by atoms with Crippen molar-refractivity contribution < 1.29 is 28.9 Å². The molecular formula is C24H25FN8O5. The van der Waals surface area contributed by atoms with E-state index in [0.717, 1.165) is 25.3 Å². The molecule has 2 fully saturated rings. The molecule has 0 radical (unpaired) electrons. The van der Waals surface area contributed by atoms with Crippen molar-refractivity contribution in [3.8, 4) is 11.8 Å². The van der Waals surface area contributed by atoms with Crippen LogP contribution in [-0.2, 0) is 9.53 Å². The quantitative estimate of drug-likeness (QED) is 0.247. The molecule has 38 heavy (non-hydrogen) atoms. The maximum absolute atomic E-state index is 13.2. The predicted molar refractivity (Wildman–Crippen MR) is 129 cm³/mol. The number of likely N-dealkylation sites (N-methyl/N-ethyl adjacent to an activating group) is 1. The van der Waals surface area contributed by atoms with Crippen molar-refractivity contribution >= 4 is 28.8 Å². The minimum absolute atomic E-state index is 0.0115. The molecule has 1 saturated heterocycles. The summed E-state index contributed by atoms with van der Waals surface area (Å²) in [6.07, 6.45) is -0.189. The lowest BCUT2D eigenvalue weighted by Crippen LogP contribution is -2.44. The number of aliphatic hydroxyl groups excluding tert-OH is 2. The number of nitrogen functional groups attached to an aromatic ring is 1. The number of fused-ring (bicyclic) bond motifs is 1. The fraction of sp³-hybridized carbons (Fsp3) is 0.417. The number of amides is 2. The standard InChI is InChI=1S/C24H25FN8O5/c1-27-22(36)19-17(34)18(35)24(38-19)33-11-29-16-20(26)30-15(31-21(16)33)6-3-9-32(13-4-2-5-13)23(37)12-7-8-14(25)28-10-12/h7-8,10-11,13,17-19,24,34-35H,2,4-5,9H2,1H3,(H,27,36)(H2,26,30,31)/t17?,18-,19+,24-/m1/s1. The highest BCUT2D eigenvalue weighted by Gasteiger charge is 2.47. The number of nitrogens with one attached hydrogen (secondary N) is 1. The number of nitrogens with two attached hydrogens (primary N) is 1. The number of aromatic nitrogens is 5. The number of ether oxygens (including phenoxy) is 1. The zero-order valence-corrected chi connectivity index (χ0v) is 20.3. The maximum Gasteiger partial charge on any atom is 0.256 e. The van der Waals surface area contributed by atoms with E-state index < -0.39 is 36.4 Å². The number of hydrogen-bond acceptors (Lipinski definition) is 10. The van der Waals surface area contributed by atoms with Crippen molar-refractivity contribution in [1.29, 1.82) is 0 Å². The smallest absolute Gasteiger partial charge is 0.256 e. The molecule has 0 bridgehead atoms. The van der Waals surface area contributed by atoms with Crippen LogP contribution in [0.5, 0.6) is 0 Å². The molecule has 1 aliphatic heterocycles. The summed E-state index contributed by atoms with van der Waals surface area (Å²) in [6, 6.07) is 2.53. The molecule has 2 amide bonds. The van der Waals surface area contributed by atoms with Crippen LogP contribution in [0.1, 0.15) is 41.7 Å². The van der Waals surface area contributed by atoms with E-state index in [2.05, 4.69) is 37.1 Å². The van der Waals surface area contributed by atoms with E-state index in [9.17, 15) is 24.2 Å². The molecule has 2 aliphatic rings. The van der Waals surface area contributed by atoms with Crippen LogP contribution in [-0.4, -0.2) is 89.4 Å². The molecule has 0 aromatic carbocycles. The SMILES string of the molecule is CNC(=O)[C@H]1O[C@@H](n2cnc3c(N)nc(C#CCN(C(=O)c4ccc(F)nc4)C4CCC4)nc32)[C@H](O)C1O. The summed E-state index contributed by atoms with van der Waals surface area (Å²) in [5.41, 5.74) is 6.73. The predicted octanol–water partition coefficient (Wildman–Crippen LogP) is -0.646. The van der Waals surface area contributed by atoms with Gasteiger partial charge in [0.25, 0.3) is 11.8 Å². The van der Waals surface area contributed by atoms with Crippen LogP contribution in [0.25, 0.3) is 11.2 Å². The van der Waals surface area contributed by atoms with Gasteiger partial charge in [-0.05, 0) is 37.3 Å². The number of halogens is 1. The van der Waals surface area contributed by atoms with Crippen LogP contribution in [0, 0.1) is 17.8 Å². The summed E-state index contributed by atoms with van der Waals surface area (Å²) in [6.45, 7) is 0.0753. The van der Waals surface area contributed by atoms with Crippen LogP contribution in [0.4, 0.5) is 10.2 Å². The second-order valence-corrected chi connectivity index (χ2v) is 8.99. The van der Waals surface area contributed by atoms with Gasteiger partial charge < -0.3 is 30.9 Å². The van der Waals surface area contributed by atoms with Crippen molar-refractivity contribution in [1.82, 2.24) is 34.7 Å². The second-order valence-electron chi connectivity index (χ2n) is 8.99. The molecule has 0 spiro atoms.